The van der Waals surface area contributed by atoms with Crippen LogP contribution in [0.15, 0.2) is 45.3 Å². The van der Waals surface area contributed by atoms with Crippen LogP contribution in [0.4, 0.5) is 0 Å². The van der Waals surface area contributed by atoms with Crippen molar-refractivity contribution in [3.8, 4) is 17.5 Å². The standard InChI is InChI=1S/C15H9Br2N3/c1-20-14-3-2-9(8-18)4-13(14)19-15(20)10-5-11(16)7-12(17)6-10/h2-7H,1H3. The lowest BCUT2D eigenvalue weighted by Crippen LogP contribution is -1.92. The molecule has 1 aromatic heterocycles. The van der Waals surface area contributed by atoms with Gasteiger partial charge in [0, 0.05) is 21.6 Å². The topological polar surface area (TPSA) is 41.6 Å². The Labute approximate surface area is 133 Å². The van der Waals surface area contributed by atoms with Gasteiger partial charge in [0.2, 0.25) is 0 Å². The third-order valence-electron chi connectivity index (χ3n) is 3.13. The highest BCUT2D eigenvalue weighted by molar-refractivity contribution is 9.11. The van der Waals surface area contributed by atoms with Gasteiger partial charge in [-0.3, -0.25) is 0 Å². The van der Waals surface area contributed by atoms with E-state index in [9.17, 15) is 0 Å². The summed E-state index contributed by atoms with van der Waals surface area (Å²) in [5.74, 6) is 0.872. The minimum absolute atomic E-state index is 0.623. The molecule has 0 fully saturated rings. The highest BCUT2D eigenvalue weighted by atomic mass is 79.9. The fraction of sp³-hybridized carbons (Fsp3) is 0.0667. The maximum Gasteiger partial charge on any atom is 0.140 e. The van der Waals surface area contributed by atoms with Gasteiger partial charge < -0.3 is 4.57 Å². The molecule has 0 spiro atoms. The van der Waals surface area contributed by atoms with Crippen LogP contribution in [0.1, 0.15) is 5.56 Å². The molecule has 0 N–H and O–H groups in total. The molecule has 0 saturated carbocycles. The number of hydrogen-bond donors (Lipinski definition) is 0. The largest absolute Gasteiger partial charge is 0.327 e. The molecule has 0 bridgehead atoms. The Morgan fingerprint density at radius 3 is 2.45 bits per heavy atom. The van der Waals surface area contributed by atoms with Gasteiger partial charge in [0.05, 0.1) is 22.7 Å². The molecule has 3 nitrogen and oxygen atoms in total. The van der Waals surface area contributed by atoms with Crippen LogP contribution < -0.4 is 0 Å². The van der Waals surface area contributed by atoms with E-state index in [0.717, 1.165) is 31.4 Å². The van der Waals surface area contributed by atoms with Crippen molar-refractivity contribution in [3.63, 3.8) is 0 Å². The Bertz CT molecular complexity index is 839. The molecule has 0 radical (unpaired) electrons. The van der Waals surface area contributed by atoms with Crippen LogP contribution in [-0.4, -0.2) is 9.55 Å². The van der Waals surface area contributed by atoms with Gasteiger partial charge in [-0.05, 0) is 36.4 Å². The van der Waals surface area contributed by atoms with Gasteiger partial charge in [0.1, 0.15) is 5.82 Å². The maximum absolute atomic E-state index is 8.97. The number of benzene rings is 2. The van der Waals surface area contributed by atoms with E-state index in [4.69, 9.17) is 5.26 Å². The molecule has 0 saturated heterocycles. The van der Waals surface area contributed by atoms with E-state index in [0.29, 0.717) is 5.56 Å². The van der Waals surface area contributed by atoms with Crippen LogP contribution in [0.5, 0.6) is 0 Å². The van der Waals surface area contributed by atoms with E-state index in [1.807, 2.05) is 48.0 Å². The number of rotatable bonds is 1. The molecule has 0 atom stereocenters. The predicted octanol–water partition coefficient (Wildman–Crippen LogP) is 4.64. The summed E-state index contributed by atoms with van der Waals surface area (Å²) in [6, 6.07) is 13.7. The Morgan fingerprint density at radius 2 is 1.80 bits per heavy atom. The van der Waals surface area contributed by atoms with E-state index in [1.165, 1.54) is 0 Å². The Hall–Kier alpha value is -1.64. The zero-order valence-corrected chi connectivity index (χ0v) is 13.7. The van der Waals surface area contributed by atoms with Crippen molar-refractivity contribution in [3.05, 3.63) is 50.9 Å². The molecular weight excluding hydrogens is 382 g/mol. The summed E-state index contributed by atoms with van der Waals surface area (Å²) in [5.41, 5.74) is 3.48. The van der Waals surface area contributed by atoms with Crippen molar-refractivity contribution in [1.82, 2.24) is 9.55 Å². The van der Waals surface area contributed by atoms with Crippen molar-refractivity contribution in [2.24, 2.45) is 7.05 Å². The molecule has 5 heteroatoms. The Kier molecular flexibility index (Phi) is 3.36. The van der Waals surface area contributed by atoms with Gasteiger partial charge in [-0.25, -0.2) is 4.98 Å². The van der Waals surface area contributed by atoms with Gasteiger partial charge in [0.25, 0.3) is 0 Å². The second kappa shape index (κ2) is 5.04. The lowest BCUT2D eigenvalue weighted by atomic mass is 10.2. The lowest BCUT2D eigenvalue weighted by Gasteiger charge is -2.04. The predicted molar refractivity (Wildman–Crippen MR) is 86.3 cm³/mol. The van der Waals surface area contributed by atoms with Crippen LogP contribution in [-0.2, 0) is 7.05 Å². The van der Waals surface area contributed by atoms with E-state index in [1.54, 1.807) is 0 Å². The van der Waals surface area contributed by atoms with Crippen molar-refractivity contribution >= 4 is 42.9 Å². The van der Waals surface area contributed by atoms with Crippen LogP contribution in [0.25, 0.3) is 22.4 Å². The highest BCUT2D eigenvalue weighted by Crippen LogP contribution is 2.29. The fourth-order valence-corrected chi connectivity index (χ4v) is 3.50. The zero-order valence-electron chi connectivity index (χ0n) is 10.6. The second-order valence-corrected chi connectivity index (χ2v) is 6.30. The maximum atomic E-state index is 8.97. The summed E-state index contributed by atoms with van der Waals surface area (Å²) < 4.78 is 4.02. The second-order valence-electron chi connectivity index (χ2n) is 4.47. The fourth-order valence-electron chi connectivity index (χ4n) is 2.21. The first-order valence-corrected chi connectivity index (χ1v) is 7.50. The molecule has 3 aromatic rings. The molecule has 2 aromatic carbocycles. The third kappa shape index (κ3) is 2.26. The van der Waals surface area contributed by atoms with Crippen molar-refractivity contribution < 1.29 is 0 Å². The number of aryl methyl sites for hydroxylation is 1. The van der Waals surface area contributed by atoms with E-state index < -0.39 is 0 Å². The summed E-state index contributed by atoms with van der Waals surface area (Å²) in [6.07, 6.45) is 0. The Morgan fingerprint density at radius 1 is 1.10 bits per heavy atom. The monoisotopic (exact) mass is 389 g/mol. The molecule has 0 unspecified atom stereocenters. The number of aromatic nitrogens is 2. The van der Waals surface area contributed by atoms with Gasteiger partial charge >= 0.3 is 0 Å². The normalized spacial score (nSPS) is 10.7. The molecule has 1 heterocycles. The van der Waals surface area contributed by atoms with Crippen molar-refractivity contribution in [2.75, 3.05) is 0 Å². The first kappa shape index (κ1) is 13.3. The minimum Gasteiger partial charge on any atom is -0.327 e. The number of imidazole rings is 1. The summed E-state index contributed by atoms with van der Waals surface area (Å²) >= 11 is 6.98. The van der Waals surface area contributed by atoms with Gasteiger partial charge in [-0.2, -0.15) is 5.26 Å². The number of halogens is 2. The summed E-state index contributed by atoms with van der Waals surface area (Å²) in [5, 5.41) is 8.97. The quantitative estimate of drug-likeness (QED) is 0.607. The number of nitriles is 1. The number of fused-ring (bicyclic) bond motifs is 1. The molecule has 98 valence electrons. The molecule has 0 amide bonds. The van der Waals surface area contributed by atoms with Crippen LogP contribution >= 0.6 is 31.9 Å². The molecule has 3 rings (SSSR count). The summed E-state index contributed by atoms with van der Waals surface area (Å²) in [6.45, 7) is 0. The van der Waals surface area contributed by atoms with E-state index in [2.05, 4.69) is 42.9 Å². The molecular formula is C15H9Br2N3. The van der Waals surface area contributed by atoms with Gasteiger partial charge in [0.15, 0.2) is 0 Å². The first-order valence-electron chi connectivity index (χ1n) is 5.91. The van der Waals surface area contributed by atoms with Crippen molar-refractivity contribution in [1.29, 1.82) is 5.26 Å². The van der Waals surface area contributed by atoms with E-state index >= 15 is 0 Å². The summed E-state index contributed by atoms with van der Waals surface area (Å²) in [7, 11) is 1.98. The summed E-state index contributed by atoms with van der Waals surface area (Å²) in [4.78, 5) is 4.64. The van der Waals surface area contributed by atoms with Crippen molar-refractivity contribution in [2.45, 2.75) is 0 Å². The average Bonchev–Trinajstić information content (AvgIpc) is 2.74. The van der Waals surface area contributed by atoms with Crippen LogP contribution in [0.3, 0.4) is 0 Å². The Balaban J connectivity index is 2.26. The van der Waals surface area contributed by atoms with Crippen LogP contribution in [0, 0.1) is 11.3 Å². The average molecular weight is 391 g/mol. The van der Waals surface area contributed by atoms with Gasteiger partial charge in [-0.1, -0.05) is 31.9 Å². The minimum atomic E-state index is 0.623. The third-order valence-corrected chi connectivity index (χ3v) is 4.05. The lowest BCUT2D eigenvalue weighted by molar-refractivity contribution is 0.959. The number of nitrogens with zero attached hydrogens (tertiary/aromatic N) is 3. The zero-order chi connectivity index (χ0) is 14.3. The van der Waals surface area contributed by atoms with Crippen LogP contribution in [0.2, 0.25) is 0 Å². The highest BCUT2D eigenvalue weighted by Gasteiger charge is 2.11. The molecule has 20 heavy (non-hydrogen) atoms. The molecule has 0 aliphatic rings. The van der Waals surface area contributed by atoms with E-state index in [-0.39, 0.29) is 0 Å². The smallest absolute Gasteiger partial charge is 0.140 e. The molecule has 0 aliphatic heterocycles. The first-order chi connectivity index (χ1) is 9.58. The van der Waals surface area contributed by atoms with Gasteiger partial charge in [-0.15, -0.1) is 0 Å². The molecule has 0 aliphatic carbocycles. The number of hydrogen-bond acceptors (Lipinski definition) is 2. The SMILES string of the molecule is Cn1c(-c2cc(Br)cc(Br)c2)nc2cc(C#N)ccc21.